The van der Waals surface area contributed by atoms with E-state index in [0.717, 1.165) is 32.4 Å². The fraction of sp³-hybridized carbons (Fsp3) is 0.500. The molecule has 1 atom stereocenters. The molecule has 1 aromatic carbocycles. The van der Waals surface area contributed by atoms with Crippen LogP contribution in [-0.4, -0.2) is 43.5 Å². The Morgan fingerprint density at radius 1 is 1.48 bits per heavy atom. The lowest BCUT2D eigenvalue weighted by molar-refractivity contribution is -0.117. The summed E-state index contributed by atoms with van der Waals surface area (Å²) in [7, 11) is 2.00. The minimum absolute atomic E-state index is 0.0372. The SMILES string of the molecule is CN(CC(=O)Nc1cccc(C#N)c1)C1CCCNCC1. The van der Waals surface area contributed by atoms with Crippen LogP contribution in [-0.2, 0) is 4.79 Å². The van der Waals surface area contributed by atoms with E-state index in [-0.39, 0.29) is 5.91 Å². The molecule has 0 aromatic heterocycles. The minimum Gasteiger partial charge on any atom is -0.325 e. The summed E-state index contributed by atoms with van der Waals surface area (Å²) in [5, 5.41) is 15.1. The molecule has 5 heteroatoms. The highest BCUT2D eigenvalue weighted by Gasteiger charge is 2.18. The van der Waals surface area contributed by atoms with Crippen LogP contribution in [0, 0.1) is 11.3 Å². The van der Waals surface area contributed by atoms with Gasteiger partial charge < -0.3 is 10.6 Å². The first kappa shape index (κ1) is 15.5. The Morgan fingerprint density at radius 3 is 3.14 bits per heavy atom. The third-order valence-electron chi connectivity index (χ3n) is 3.84. The molecule has 5 nitrogen and oxygen atoms in total. The van der Waals surface area contributed by atoms with Crippen molar-refractivity contribution in [2.45, 2.75) is 25.3 Å². The highest BCUT2D eigenvalue weighted by molar-refractivity contribution is 5.92. The normalized spacial score (nSPS) is 18.8. The lowest BCUT2D eigenvalue weighted by atomic mass is 10.1. The Balaban J connectivity index is 1.87. The maximum atomic E-state index is 12.1. The van der Waals surface area contributed by atoms with Crippen molar-refractivity contribution in [3.63, 3.8) is 0 Å². The summed E-state index contributed by atoms with van der Waals surface area (Å²) in [5.74, 6) is -0.0372. The highest BCUT2D eigenvalue weighted by Crippen LogP contribution is 2.13. The van der Waals surface area contributed by atoms with E-state index in [2.05, 4.69) is 21.6 Å². The molecule has 1 aliphatic heterocycles. The van der Waals surface area contributed by atoms with Gasteiger partial charge in [-0.3, -0.25) is 9.69 Å². The maximum Gasteiger partial charge on any atom is 0.238 e. The molecule has 0 radical (unpaired) electrons. The molecular weight excluding hydrogens is 264 g/mol. The van der Waals surface area contributed by atoms with Crippen molar-refractivity contribution < 1.29 is 4.79 Å². The summed E-state index contributed by atoms with van der Waals surface area (Å²) < 4.78 is 0. The first-order valence-electron chi connectivity index (χ1n) is 7.40. The van der Waals surface area contributed by atoms with Crippen molar-refractivity contribution in [1.82, 2.24) is 10.2 Å². The average Bonchev–Trinajstić information content (AvgIpc) is 2.76. The third kappa shape index (κ3) is 4.85. The van der Waals surface area contributed by atoms with Gasteiger partial charge in [0.15, 0.2) is 0 Å². The van der Waals surface area contributed by atoms with Crippen LogP contribution >= 0.6 is 0 Å². The van der Waals surface area contributed by atoms with Crippen LogP contribution in [0.25, 0.3) is 0 Å². The van der Waals surface area contributed by atoms with Crippen molar-refractivity contribution in [2.75, 3.05) is 32.0 Å². The van der Waals surface area contributed by atoms with Gasteiger partial charge in [-0.1, -0.05) is 6.07 Å². The van der Waals surface area contributed by atoms with Gasteiger partial charge in [-0.25, -0.2) is 0 Å². The van der Waals surface area contributed by atoms with Crippen molar-refractivity contribution >= 4 is 11.6 Å². The van der Waals surface area contributed by atoms with Crippen LogP contribution in [0.2, 0.25) is 0 Å². The van der Waals surface area contributed by atoms with Gasteiger partial charge in [-0.05, 0) is 57.6 Å². The zero-order chi connectivity index (χ0) is 15.1. The van der Waals surface area contributed by atoms with E-state index in [1.54, 1.807) is 24.3 Å². The second kappa shape index (κ2) is 7.77. The van der Waals surface area contributed by atoms with Gasteiger partial charge in [0.25, 0.3) is 0 Å². The molecule has 1 aliphatic rings. The molecule has 1 saturated heterocycles. The van der Waals surface area contributed by atoms with E-state index in [4.69, 9.17) is 5.26 Å². The van der Waals surface area contributed by atoms with Crippen LogP contribution in [0.15, 0.2) is 24.3 Å². The predicted molar refractivity (Wildman–Crippen MR) is 82.9 cm³/mol. The Labute approximate surface area is 125 Å². The van der Waals surface area contributed by atoms with Gasteiger partial charge in [0.1, 0.15) is 0 Å². The molecule has 0 aliphatic carbocycles. The van der Waals surface area contributed by atoms with E-state index in [0.29, 0.717) is 23.8 Å². The Morgan fingerprint density at radius 2 is 2.33 bits per heavy atom. The standard InChI is InChI=1S/C16H22N4O/c1-20(15-6-3-8-18-9-7-15)12-16(21)19-14-5-2-4-13(10-14)11-17/h2,4-5,10,15,18H,3,6-9,12H2,1H3,(H,19,21). The fourth-order valence-electron chi connectivity index (χ4n) is 2.66. The molecule has 1 fully saturated rings. The van der Waals surface area contributed by atoms with E-state index in [1.165, 1.54) is 0 Å². The summed E-state index contributed by atoms with van der Waals surface area (Å²) in [6.45, 7) is 2.46. The summed E-state index contributed by atoms with van der Waals surface area (Å²) in [6, 6.07) is 9.51. The number of nitrogens with one attached hydrogen (secondary N) is 2. The molecule has 1 amide bonds. The molecule has 1 aromatic rings. The number of rotatable bonds is 4. The lowest BCUT2D eigenvalue weighted by Gasteiger charge is -2.26. The molecule has 0 saturated carbocycles. The Hall–Kier alpha value is -1.90. The Bertz CT molecular complexity index is 515. The van der Waals surface area contributed by atoms with E-state index in [9.17, 15) is 4.79 Å². The minimum atomic E-state index is -0.0372. The first-order chi connectivity index (χ1) is 10.2. The van der Waals surface area contributed by atoms with Crippen LogP contribution in [0.1, 0.15) is 24.8 Å². The predicted octanol–water partition coefficient (Wildman–Crippen LogP) is 1.57. The summed E-state index contributed by atoms with van der Waals surface area (Å²) >= 11 is 0. The van der Waals surface area contributed by atoms with E-state index in [1.807, 2.05) is 7.05 Å². The molecule has 2 rings (SSSR count). The summed E-state index contributed by atoms with van der Waals surface area (Å²) in [6.07, 6.45) is 3.36. The second-order valence-electron chi connectivity index (χ2n) is 5.49. The number of likely N-dealkylation sites (N-methyl/N-ethyl adjacent to an activating group) is 1. The number of carbonyl (C=O) groups is 1. The van der Waals surface area contributed by atoms with Gasteiger partial charge in [0.2, 0.25) is 5.91 Å². The van der Waals surface area contributed by atoms with Crippen molar-refractivity contribution in [1.29, 1.82) is 5.26 Å². The zero-order valence-electron chi connectivity index (χ0n) is 12.4. The van der Waals surface area contributed by atoms with Crippen LogP contribution in [0.4, 0.5) is 5.69 Å². The zero-order valence-corrected chi connectivity index (χ0v) is 12.4. The van der Waals surface area contributed by atoms with Gasteiger partial charge >= 0.3 is 0 Å². The monoisotopic (exact) mass is 286 g/mol. The smallest absolute Gasteiger partial charge is 0.238 e. The summed E-state index contributed by atoms with van der Waals surface area (Å²) in [4.78, 5) is 14.2. The summed E-state index contributed by atoms with van der Waals surface area (Å²) in [5.41, 5.74) is 1.23. The number of benzene rings is 1. The quantitative estimate of drug-likeness (QED) is 0.881. The van der Waals surface area contributed by atoms with Crippen LogP contribution in [0.3, 0.4) is 0 Å². The molecular formula is C16H22N4O. The van der Waals surface area contributed by atoms with Crippen molar-refractivity contribution in [3.8, 4) is 6.07 Å². The lowest BCUT2D eigenvalue weighted by Crippen LogP contribution is -2.38. The topological polar surface area (TPSA) is 68.2 Å². The molecule has 1 heterocycles. The van der Waals surface area contributed by atoms with Crippen LogP contribution < -0.4 is 10.6 Å². The molecule has 21 heavy (non-hydrogen) atoms. The number of hydrogen-bond acceptors (Lipinski definition) is 4. The number of nitrogens with zero attached hydrogens (tertiary/aromatic N) is 2. The van der Waals surface area contributed by atoms with E-state index >= 15 is 0 Å². The largest absolute Gasteiger partial charge is 0.325 e. The molecule has 0 spiro atoms. The van der Waals surface area contributed by atoms with E-state index < -0.39 is 0 Å². The van der Waals surface area contributed by atoms with Crippen molar-refractivity contribution in [2.24, 2.45) is 0 Å². The number of amides is 1. The van der Waals surface area contributed by atoms with Crippen molar-refractivity contribution in [3.05, 3.63) is 29.8 Å². The first-order valence-corrected chi connectivity index (χ1v) is 7.40. The van der Waals surface area contributed by atoms with Gasteiger partial charge in [0.05, 0.1) is 18.2 Å². The third-order valence-corrected chi connectivity index (χ3v) is 3.84. The fourth-order valence-corrected chi connectivity index (χ4v) is 2.66. The molecule has 2 N–H and O–H groups in total. The molecule has 1 unspecified atom stereocenters. The second-order valence-corrected chi connectivity index (χ2v) is 5.49. The maximum absolute atomic E-state index is 12.1. The average molecular weight is 286 g/mol. The van der Waals surface area contributed by atoms with Gasteiger partial charge in [-0.15, -0.1) is 0 Å². The van der Waals surface area contributed by atoms with Gasteiger partial charge in [0, 0.05) is 11.7 Å². The highest BCUT2D eigenvalue weighted by atomic mass is 16.2. The molecule has 0 bridgehead atoms. The van der Waals surface area contributed by atoms with Gasteiger partial charge in [-0.2, -0.15) is 5.26 Å². The number of anilines is 1. The number of hydrogen-bond donors (Lipinski definition) is 2. The molecule has 112 valence electrons. The van der Waals surface area contributed by atoms with Crippen LogP contribution in [0.5, 0.6) is 0 Å². The Kier molecular flexibility index (Phi) is 5.73. The number of carbonyl (C=O) groups excluding carboxylic acids is 1. The number of nitriles is 1.